The zero-order valence-corrected chi connectivity index (χ0v) is 15.3. The molecule has 8 heteroatoms. The van der Waals surface area contributed by atoms with Crippen molar-refractivity contribution in [1.82, 2.24) is 14.6 Å². The van der Waals surface area contributed by atoms with Gasteiger partial charge in [-0.05, 0) is 42.8 Å². The number of amides is 1. The van der Waals surface area contributed by atoms with Crippen LogP contribution in [0, 0.1) is 0 Å². The third-order valence-electron chi connectivity index (χ3n) is 3.53. The van der Waals surface area contributed by atoms with Crippen LogP contribution in [0.1, 0.15) is 6.42 Å². The summed E-state index contributed by atoms with van der Waals surface area (Å²) in [7, 11) is -2.10. The van der Waals surface area contributed by atoms with Crippen LogP contribution in [0.2, 0.25) is 0 Å². The number of hydrogen-bond donors (Lipinski definition) is 1. The van der Waals surface area contributed by atoms with Gasteiger partial charge in [0.1, 0.15) is 5.75 Å². The predicted octanol–water partition coefficient (Wildman–Crippen LogP) is 2.19. The SMILES string of the molecule is C=CC(=O)NCCCN(C)S(=O)(=O)c1ccc(Oc2ccccn2)cc1. The highest BCUT2D eigenvalue weighted by Gasteiger charge is 2.20. The standard InChI is InChI=1S/C18H21N3O4S/c1-3-17(22)19-13-6-14-21(2)26(23,24)16-10-8-15(9-11-16)25-18-7-4-5-12-20-18/h3-5,7-12H,1,6,13-14H2,2H3,(H,19,22). The molecule has 2 aromatic rings. The summed E-state index contributed by atoms with van der Waals surface area (Å²) in [6.07, 6.45) is 3.28. The first kappa shape index (κ1) is 19.6. The molecule has 0 bridgehead atoms. The first-order chi connectivity index (χ1) is 12.4. The van der Waals surface area contributed by atoms with Crippen LogP contribution < -0.4 is 10.1 Å². The van der Waals surface area contributed by atoms with Crippen molar-refractivity contribution in [3.63, 3.8) is 0 Å². The van der Waals surface area contributed by atoms with Gasteiger partial charge in [-0.15, -0.1) is 0 Å². The van der Waals surface area contributed by atoms with Crippen molar-refractivity contribution < 1.29 is 17.9 Å². The van der Waals surface area contributed by atoms with Gasteiger partial charge in [-0.2, -0.15) is 0 Å². The zero-order chi connectivity index (χ0) is 19.0. The molecule has 1 aromatic carbocycles. The van der Waals surface area contributed by atoms with Gasteiger partial charge in [-0.25, -0.2) is 17.7 Å². The predicted molar refractivity (Wildman–Crippen MR) is 98.4 cm³/mol. The number of aromatic nitrogens is 1. The summed E-state index contributed by atoms with van der Waals surface area (Å²) >= 11 is 0. The van der Waals surface area contributed by atoms with Crippen molar-refractivity contribution in [1.29, 1.82) is 0 Å². The number of ether oxygens (including phenoxy) is 1. The fourth-order valence-corrected chi connectivity index (χ4v) is 3.30. The third-order valence-corrected chi connectivity index (χ3v) is 5.40. The molecule has 0 aliphatic carbocycles. The molecule has 0 aliphatic heterocycles. The van der Waals surface area contributed by atoms with Crippen molar-refractivity contribution in [2.24, 2.45) is 0 Å². The van der Waals surface area contributed by atoms with E-state index in [1.807, 2.05) is 0 Å². The summed E-state index contributed by atoms with van der Waals surface area (Å²) < 4.78 is 31.9. The molecule has 7 nitrogen and oxygen atoms in total. The maximum absolute atomic E-state index is 12.6. The van der Waals surface area contributed by atoms with Crippen LogP contribution >= 0.6 is 0 Å². The molecule has 0 saturated carbocycles. The van der Waals surface area contributed by atoms with Crippen LogP contribution in [0.5, 0.6) is 11.6 Å². The molecule has 138 valence electrons. The highest BCUT2D eigenvalue weighted by molar-refractivity contribution is 7.89. The topological polar surface area (TPSA) is 88.6 Å². The molecule has 0 aliphatic rings. The second-order valence-electron chi connectivity index (χ2n) is 5.42. The maximum atomic E-state index is 12.6. The van der Waals surface area contributed by atoms with Crippen LogP contribution in [0.25, 0.3) is 0 Å². The van der Waals surface area contributed by atoms with E-state index in [1.165, 1.54) is 29.6 Å². The molecule has 1 aromatic heterocycles. The molecule has 0 saturated heterocycles. The lowest BCUT2D eigenvalue weighted by molar-refractivity contribution is -0.116. The monoisotopic (exact) mass is 375 g/mol. The molecule has 0 fully saturated rings. The van der Waals surface area contributed by atoms with Gasteiger partial charge in [0.2, 0.25) is 21.8 Å². The summed E-state index contributed by atoms with van der Waals surface area (Å²) in [5, 5.41) is 2.61. The highest BCUT2D eigenvalue weighted by Crippen LogP contribution is 2.22. The summed E-state index contributed by atoms with van der Waals surface area (Å²) in [6.45, 7) is 4.01. The second-order valence-corrected chi connectivity index (χ2v) is 7.46. The Hall–Kier alpha value is -2.71. The third kappa shape index (κ3) is 5.40. The molecular weight excluding hydrogens is 354 g/mol. The van der Waals surface area contributed by atoms with Crippen LogP contribution in [-0.2, 0) is 14.8 Å². The Bertz CT molecular complexity index is 836. The lowest BCUT2D eigenvalue weighted by Crippen LogP contribution is -2.31. The number of rotatable bonds is 9. The number of benzene rings is 1. The van der Waals surface area contributed by atoms with Crippen molar-refractivity contribution in [2.75, 3.05) is 20.1 Å². The van der Waals surface area contributed by atoms with Gasteiger partial charge in [0, 0.05) is 32.4 Å². The molecule has 0 atom stereocenters. The van der Waals surface area contributed by atoms with Gasteiger partial charge in [0.15, 0.2) is 0 Å². The van der Waals surface area contributed by atoms with E-state index in [0.717, 1.165) is 0 Å². The Morgan fingerprint density at radius 3 is 2.62 bits per heavy atom. The first-order valence-corrected chi connectivity index (χ1v) is 9.43. The maximum Gasteiger partial charge on any atom is 0.243 e. The molecule has 0 radical (unpaired) electrons. The van der Waals surface area contributed by atoms with Crippen molar-refractivity contribution in [3.05, 3.63) is 61.3 Å². The number of hydrogen-bond acceptors (Lipinski definition) is 5. The molecule has 1 amide bonds. The minimum atomic E-state index is -3.61. The molecule has 0 spiro atoms. The Balaban J connectivity index is 1.95. The Kier molecular flexibility index (Phi) is 6.88. The Morgan fingerprint density at radius 2 is 2.00 bits per heavy atom. The van der Waals surface area contributed by atoms with Crippen molar-refractivity contribution in [2.45, 2.75) is 11.3 Å². The molecule has 26 heavy (non-hydrogen) atoms. The average molecular weight is 375 g/mol. The molecule has 2 rings (SSSR count). The summed E-state index contributed by atoms with van der Waals surface area (Å²) in [6, 6.07) is 11.4. The number of carbonyl (C=O) groups excluding carboxylic acids is 1. The van der Waals surface area contributed by atoms with Gasteiger partial charge in [0.05, 0.1) is 4.90 Å². The van der Waals surface area contributed by atoms with E-state index in [9.17, 15) is 13.2 Å². The summed E-state index contributed by atoms with van der Waals surface area (Å²) in [4.78, 5) is 15.3. The lowest BCUT2D eigenvalue weighted by atomic mass is 10.3. The van der Waals surface area contributed by atoms with E-state index in [1.54, 1.807) is 36.5 Å². The Morgan fingerprint density at radius 1 is 1.27 bits per heavy atom. The van der Waals surface area contributed by atoms with Gasteiger partial charge in [-0.1, -0.05) is 12.6 Å². The van der Waals surface area contributed by atoms with E-state index >= 15 is 0 Å². The summed E-state index contributed by atoms with van der Waals surface area (Å²) in [5.74, 6) is 0.651. The smallest absolute Gasteiger partial charge is 0.243 e. The Labute approximate surface area is 153 Å². The molecular formula is C18H21N3O4S. The lowest BCUT2D eigenvalue weighted by Gasteiger charge is -2.17. The normalized spacial score (nSPS) is 11.2. The molecule has 1 heterocycles. The van der Waals surface area contributed by atoms with E-state index in [0.29, 0.717) is 24.6 Å². The van der Waals surface area contributed by atoms with E-state index < -0.39 is 10.0 Å². The fourth-order valence-electron chi connectivity index (χ4n) is 2.09. The van der Waals surface area contributed by atoms with Crippen molar-refractivity contribution in [3.8, 4) is 11.6 Å². The molecule has 0 unspecified atom stereocenters. The molecule has 1 N–H and O–H groups in total. The minimum Gasteiger partial charge on any atom is -0.439 e. The van der Waals surface area contributed by atoms with Crippen molar-refractivity contribution >= 4 is 15.9 Å². The van der Waals surface area contributed by atoms with Crippen LogP contribution in [0.15, 0.2) is 66.2 Å². The largest absolute Gasteiger partial charge is 0.439 e. The number of sulfonamides is 1. The van der Waals surface area contributed by atoms with Crippen LogP contribution in [-0.4, -0.2) is 43.8 Å². The second kappa shape index (κ2) is 9.12. The van der Waals surface area contributed by atoms with E-state index in [-0.39, 0.29) is 17.3 Å². The fraction of sp³-hybridized carbons (Fsp3) is 0.222. The average Bonchev–Trinajstić information content (AvgIpc) is 2.66. The quantitative estimate of drug-likeness (QED) is 0.536. The zero-order valence-electron chi connectivity index (χ0n) is 14.5. The van der Waals surface area contributed by atoms with Gasteiger partial charge in [-0.3, -0.25) is 4.79 Å². The minimum absolute atomic E-state index is 0.170. The number of carbonyl (C=O) groups is 1. The van der Waals surface area contributed by atoms with E-state index in [4.69, 9.17) is 4.74 Å². The van der Waals surface area contributed by atoms with Gasteiger partial charge >= 0.3 is 0 Å². The number of pyridine rings is 1. The van der Waals surface area contributed by atoms with Crippen LogP contribution in [0.3, 0.4) is 0 Å². The highest BCUT2D eigenvalue weighted by atomic mass is 32.2. The van der Waals surface area contributed by atoms with Crippen LogP contribution in [0.4, 0.5) is 0 Å². The first-order valence-electron chi connectivity index (χ1n) is 7.99. The van der Waals surface area contributed by atoms with E-state index in [2.05, 4.69) is 16.9 Å². The summed E-state index contributed by atoms with van der Waals surface area (Å²) in [5.41, 5.74) is 0. The van der Waals surface area contributed by atoms with Gasteiger partial charge < -0.3 is 10.1 Å². The number of nitrogens with zero attached hydrogens (tertiary/aromatic N) is 2. The van der Waals surface area contributed by atoms with Gasteiger partial charge in [0.25, 0.3) is 0 Å². The number of nitrogens with one attached hydrogen (secondary N) is 1.